The zero-order chi connectivity index (χ0) is 14.8. The lowest BCUT2D eigenvalue weighted by molar-refractivity contribution is -0.140. The van der Waals surface area contributed by atoms with Gasteiger partial charge in [0, 0.05) is 11.3 Å². The van der Waals surface area contributed by atoms with Crippen LogP contribution in [0, 0.1) is 0 Å². The molecule has 0 amide bonds. The van der Waals surface area contributed by atoms with Crippen LogP contribution in [0.2, 0.25) is 0 Å². The van der Waals surface area contributed by atoms with Crippen molar-refractivity contribution in [3.8, 4) is 5.75 Å². The van der Waals surface area contributed by atoms with Gasteiger partial charge in [-0.15, -0.1) is 11.3 Å². The summed E-state index contributed by atoms with van der Waals surface area (Å²) >= 11 is 1.05. The Hall–Kier alpha value is -1.56. The summed E-state index contributed by atoms with van der Waals surface area (Å²) in [6.07, 6.45) is -3.06. The van der Waals surface area contributed by atoms with Gasteiger partial charge in [0.1, 0.15) is 5.75 Å². The average Bonchev–Trinajstić information content (AvgIpc) is 2.87. The van der Waals surface area contributed by atoms with Crippen LogP contribution in [0.4, 0.5) is 13.2 Å². The van der Waals surface area contributed by atoms with Gasteiger partial charge >= 0.3 is 6.18 Å². The summed E-state index contributed by atoms with van der Waals surface area (Å²) in [7, 11) is 0. The maximum atomic E-state index is 12.6. The topological polar surface area (TPSA) is 33.1 Å². The minimum atomic E-state index is -4.38. The third kappa shape index (κ3) is 3.50. The van der Waals surface area contributed by atoms with E-state index < -0.39 is 11.9 Å². The monoisotopic (exact) mass is 301 g/mol. The zero-order valence-corrected chi connectivity index (χ0v) is 11.6. The van der Waals surface area contributed by atoms with E-state index in [1.54, 1.807) is 24.3 Å². The molecule has 0 aliphatic carbocycles. The fourth-order valence-electron chi connectivity index (χ4n) is 1.93. The Labute approximate surface area is 118 Å². The average molecular weight is 301 g/mol. The molecule has 0 saturated heterocycles. The highest BCUT2D eigenvalue weighted by molar-refractivity contribution is 7.09. The van der Waals surface area contributed by atoms with Gasteiger partial charge < -0.3 is 5.11 Å². The second kappa shape index (κ2) is 5.83. The highest BCUT2D eigenvalue weighted by atomic mass is 32.1. The lowest BCUT2D eigenvalue weighted by Crippen LogP contribution is -2.07. The van der Waals surface area contributed by atoms with E-state index in [-0.39, 0.29) is 11.7 Å². The number of rotatable bonds is 4. The number of nitrogens with zero attached hydrogens (tertiary/aromatic N) is 1. The lowest BCUT2D eigenvalue weighted by Gasteiger charge is -2.12. The van der Waals surface area contributed by atoms with Crippen molar-refractivity contribution < 1.29 is 18.3 Å². The number of phenols is 1. The van der Waals surface area contributed by atoms with Gasteiger partial charge in [0.05, 0.1) is 5.01 Å². The fourth-order valence-corrected chi connectivity index (χ4v) is 2.94. The Morgan fingerprint density at radius 1 is 1.25 bits per heavy atom. The van der Waals surface area contributed by atoms with Gasteiger partial charge in [0.15, 0.2) is 5.69 Å². The highest BCUT2D eigenvalue weighted by Crippen LogP contribution is 2.34. The van der Waals surface area contributed by atoms with Crippen LogP contribution < -0.4 is 0 Å². The molecule has 2 rings (SSSR count). The predicted octanol–water partition coefficient (Wildman–Crippen LogP) is 4.60. The number of hydrogen-bond acceptors (Lipinski definition) is 3. The van der Waals surface area contributed by atoms with E-state index in [2.05, 4.69) is 4.98 Å². The maximum absolute atomic E-state index is 12.6. The van der Waals surface area contributed by atoms with Crippen molar-refractivity contribution in [2.24, 2.45) is 0 Å². The molecule has 1 aromatic heterocycles. The molecule has 1 aromatic carbocycles. The van der Waals surface area contributed by atoms with Gasteiger partial charge in [-0.25, -0.2) is 4.98 Å². The number of halogens is 3. The predicted molar refractivity (Wildman–Crippen MR) is 72.0 cm³/mol. The van der Waals surface area contributed by atoms with Crippen molar-refractivity contribution in [2.45, 2.75) is 31.9 Å². The van der Waals surface area contributed by atoms with Crippen LogP contribution in [0.3, 0.4) is 0 Å². The van der Waals surface area contributed by atoms with Crippen LogP contribution in [-0.4, -0.2) is 10.1 Å². The number of hydrogen-bond donors (Lipinski definition) is 1. The van der Waals surface area contributed by atoms with Crippen LogP contribution in [0.1, 0.15) is 35.5 Å². The molecular formula is C14H14F3NOS. The van der Waals surface area contributed by atoms with Crippen LogP contribution in [0.25, 0.3) is 0 Å². The van der Waals surface area contributed by atoms with Gasteiger partial charge in [-0.1, -0.05) is 19.1 Å². The molecule has 0 spiro atoms. The number of alkyl halides is 3. The summed E-state index contributed by atoms with van der Waals surface area (Å²) < 4.78 is 37.7. The Bertz CT molecular complexity index is 563. The lowest BCUT2D eigenvalue weighted by atomic mass is 9.97. The van der Waals surface area contributed by atoms with Crippen LogP contribution in [-0.2, 0) is 12.6 Å². The molecule has 1 unspecified atom stereocenters. The molecule has 2 nitrogen and oxygen atoms in total. The van der Waals surface area contributed by atoms with Gasteiger partial charge in [-0.05, 0) is 30.5 Å². The van der Waals surface area contributed by atoms with Crippen molar-refractivity contribution in [1.82, 2.24) is 4.98 Å². The summed E-state index contributed by atoms with van der Waals surface area (Å²) in [6, 6.07) is 6.70. The summed E-state index contributed by atoms with van der Waals surface area (Å²) in [6.45, 7) is 1.93. The third-order valence-electron chi connectivity index (χ3n) is 3.07. The van der Waals surface area contributed by atoms with E-state index >= 15 is 0 Å². The van der Waals surface area contributed by atoms with Crippen molar-refractivity contribution >= 4 is 11.3 Å². The van der Waals surface area contributed by atoms with Crippen LogP contribution >= 0.6 is 11.3 Å². The van der Waals surface area contributed by atoms with Crippen molar-refractivity contribution in [3.63, 3.8) is 0 Å². The van der Waals surface area contributed by atoms with E-state index in [1.807, 2.05) is 6.92 Å². The number of benzene rings is 1. The Kier molecular flexibility index (Phi) is 4.32. The largest absolute Gasteiger partial charge is 0.508 e. The summed E-state index contributed by atoms with van der Waals surface area (Å²) in [5.41, 5.74) is 0.153. The zero-order valence-electron chi connectivity index (χ0n) is 10.8. The fraction of sp³-hybridized carbons (Fsp3) is 0.357. The quantitative estimate of drug-likeness (QED) is 0.895. The molecule has 0 aliphatic rings. The molecule has 0 saturated carbocycles. The van der Waals surface area contributed by atoms with E-state index in [1.165, 1.54) is 0 Å². The van der Waals surface area contributed by atoms with Crippen molar-refractivity contribution in [3.05, 3.63) is 45.9 Å². The number of aromatic hydroxyl groups is 1. The minimum Gasteiger partial charge on any atom is -0.508 e. The standard InChI is InChI=1S/C14H14F3NOS/c1-2-10(7-9-3-5-11(19)6-4-9)13-18-12(8-20-13)14(15,16)17/h3-6,8,10,19H,2,7H2,1H3. The second-order valence-electron chi connectivity index (χ2n) is 4.54. The molecule has 1 heterocycles. The molecular weight excluding hydrogens is 287 g/mol. The van der Waals surface area contributed by atoms with Gasteiger partial charge in [-0.2, -0.15) is 13.2 Å². The second-order valence-corrected chi connectivity index (χ2v) is 5.43. The molecule has 0 fully saturated rings. The molecule has 108 valence electrons. The molecule has 0 radical (unpaired) electrons. The minimum absolute atomic E-state index is 0.0411. The maximum Gasteiger partial charge on any atom is 0.434 e. The molecule has 6 heteroatoms. The van der Waals surface area contributed by atoms with Crippen LogP contribution in [0.5, 0.6) is 5.75 Å². The van der Waals surface area contributed by atoms with Gasteiger partial charge in [-0.3, -0.25) is 0 Å². The summed E-state index contributed by atoms with van der Waals surface area (Å²) in [5, 5.41) is 10.8. The Balaban J connectivity index is 2.16. The third-order valence-corrected chi connectivity index (χ3v) is 4.08. The van der Waals surface area contributed by atoms with Crippen molar-refractivity contribution in [2.75, 3.05) is 0 Å². The first kappa shape index (κ1) is 14.8. The summed E-state index contributed by atoms with van der Waals surface area (Å²) in [4.78, 5) is 3.71. The van der Waals surface area contributed by atoms with Gasteiger partial charge in [0.2, 0.25) is 0 Å². The first-order chi connectivity index (χ1) is 9.40. The number of phenolic OH excluding ortho intramolecular Hbond substituents is 1. The van der Waals surface area contributed by atoms with E-state index in [0.717, 1.165) is 22.3 Å². The van der Waals surface area contributed by atoms with E-state index in [4.69, 9.17) is 0 Å². The normalized spacial score (nSPS) is 13.4. The van der Waals surface area contributed by atoms with Crippen molar-refractivity contribution in [1.29, 1.82) is 0 Å². The smallest absolute Gasteiger partial charge is 0.434 e. The Morgan fingerprint density at radius 2 is 1.90 bits per heavy atom. The number of thiazole rings is 1. The number of aromatic nitrogens is 1. The van der Waals surface area contributed by atoms with Gasteiger partial charge in [0.25, 0.3) is 0 Å². The highest BCUT2D eigenvalue weighted by Gasteiger charge is 2.34. The molecule has 1 atom stereocenters. The first-order valence-electron chi connectivity index (χ1n) is 6.20. The molecule has 0 bridgehead atoms. The Morgan fingerprint density at radius 3 is 2.40 bits per heavy atom. The summed E-state index contributed by atoms with van der Waals surface area (Å²) in [5.74, 6) is 0.135. The SMILES string of the molecule is CCC(Cc1ccc(O)cc1)c1nc(C(F)(F)F)cs1. The first-order valence-corrected chi connectivity index (χ1v) is 7.08. The van der Waals surface area contributed by atoms with E-state index in [9.17, 15) is 18.3 Å². The molecule has 2 aromatic rings. The molecule has 0 aliphatic heterocycles. The van der Waals surface area contributed by atoms with Crippen LogP contribution in [0.15, 0.2) is 29.6 Å². The van der Waals surface area contributed by atoms with E-state index in [0.29, 0.717) is 17.8 Å². The molecule has 1 N–H and O–H groups in total. The molecule has 20 heavy (non-hydrogen) atoms.